The summed E-state index contributed by atoms with van der Waals surface area (Å²) in [5.74, 6) is -2.50. The van der Waals surface area contributed by atoms with Gasteiger partial charge in [-0.25, -0.2) is 0 Å². The van der Waals surface area contributed by atoms with Crippen LogP contribution in [0.25, 0.3) is 0 Å². The van der Waals surface area contributed by atoms with Crippen LogP contribution in [-0.2, 0) is 28.8 Å². The Kier molecular flexibility index (Phi) is 23.5. The topological polar surface area (TPSA) is 132 Å². The summed E-state index contributed by atoms with van der Waals surface area (Å²) in [6, 6.07) is -3.88. The van der Waals surface area contributed by atoms with Crippen molar-refractivity contribution in [3.63, 3.8) is 0 Å². The van der Waals surface area contributed by atoms with Gasteiger partial charge in [-0.1, -0.05) is 83.1 Å². The average Bonchev–Trinajstić information content (AvgIpc) is 3.11. The highest BCUT2D eigenvalue weighted by molar-refractivity contribution is 5.94. The quantitative estimate of drug-likeness (QED) is 0.143. The second kappa shape index (κ2) is 24.8. The van der Waals surface area contributed by atoms with Gasteiger partial charge < -0.3 is 24.5 Å². The number of carbonyl (C=O) groups excluding carboxylic acids is 6. The first-order valence-electron chi connectivity index (χ1n) is 22.6. The Morgan fingerprint density at radius 3 is 0.903 bits per heavy atom. The molecule has 0 bridgehead atoms. The number of Topliss-reactive ketones (excluding diaryl/α,β-unsaturated/α-hetero) is 1. The van der Waals surface area contributed by atoms with E-state index >= 15 is 4.79 Å². The summed E-state index contributed by atoms with van der Waals surface area (Å²) in [5.41, 5.74) is -0.510. The minimum Gasteiger partial charge on any atom is -0.344 e. The van der Waals surface area contributed by atoms with Crippen molar-refractivity contribution < 1.29 is 28.8 Å². The van der Waals surface area contributed by atoms with Gasteiger partial charge in [0.15, 0.2) is 5.78 Å². The molecule has 5 amide bonds. The van der Waals surface area contributed by atoms with Gasteiger partial charge >= 0.3 is 0 Å². The van der Waals surface area contributed by atoms with Gasteiger partial charge in [0.2, 0.25) is 29.5 Å². The minimum absolute atomic E-state index is 0.00148. The van der Waals surface area contributed by atoms with Crippen molar-refractivity contribution in [2.45, 2.75) is 119 Å². The largest absolute Gasteiger partial charge is 0.344 e. The third kappa shape index (κ3) is 15.5. The number of rotatable bonds is 24. The predicted octanol–water partition coefficient (Wildman–Crippen LogP) is 3.23. The summed E-state index contributed by atoms with van der Waals surface area (Å²) in [4.78, 5) is 102. The second-order valence-corrected chi connectivity index (χ2v) is 21.4. The molecule has 0 aromatic heterocycles. The van der Waals surface area contributed by atoms with Crippen LogP contribution in [0.4, 0.5) is 0 Å². The van der Waals surface area contributed by atoms with Crippen molar-refractivity contribution >= 4 is 35.3 Å². The Bertz CT molecular complexity index is 1440. The summed E-state index contributed by atoms with van der Waals surface area (Å²) in [6.45, 7) is 23.9. The molecule has 0 saturated carbocycles. The number of nitrogens with zero attached hydrogens (tertiary/aromatic N) is 9. The van der Waals surface area contributed by atoms with Gasteiger partial charge in [0, 0.05) is 60.8 Å². The molecule has 362 valence electrons. The molecule has 0 aliphatic heterocycles. The minimum atomic E-state index is -1.02. The standard InChI is InChI=1S/C47H93N9O6/c1-29(2)37(48(13)14)43(59)53(22)27-35(55(24)45(61)39(31(5)6)50(17)18)41(57)33(9)34(47(10,11)12)26-52(21)42(58)36(56(25)46(62)40(32(7)8)51(19)20)28-54(23)44(60)38(30(3)4)49(15)16/h29-40H,26-28H2,1-25H3. The molecule has 8 unspecified atom stereocenters. The second-order valence-electron chi connectivity index (χ2n) is 21.4. The zero-order chi connectivity index (χ0) is 49.2. The number of likely N-dealkylation sites (N-methyl/N-ethyl adjacent to an activating group) is 9. The molecular weight excluding hydrogens is 787 g/mol. The van der Waals surface area contributed by atoms with Crippen LogP contribution in [0.5, 0.6) is 0 Å². The molecule has 62 heavy (non-hydrogen) atoms. The van der Waals surface area contributed by atoms with E-state index in [9.17, 15) is 24.0 Å². The number of amides is 5. The molecular formula is C47H93N9O6. The molecule has 0 N–H and O–H groups in total. The van der Waals surface area contributed by atoms with Crippen LogP contribution in [0.3, 0.4) is 0 Å². The lowest BCUT2D eigenvalue weighted by Crippen LogP contribution is -2.60. The first-order valence-corrected chi connectivity index (χ1v) is 22.6. The van der Waals surface area contributed by atoms with Crippen molar-refractivity contribution in [1.82, 2.24) is 44.1 Å². The number of carbonyl (C=O) groups is 6. The fraction of sp³-hybridized carbons (Fsp3) is 0.872. The zero-order valence-corrected chi connectivity index (χ0v) is 44.0. The molecule has 0 aromatic rings. The highest BCUT2D eigenvalue weighted by Gasteiger charge is 2.44. The van der Waals surface area contributed by atoms with Crippen LogP contribution < -0.4 is 0 Å². The molecule has 15 nitrogen and oxygen atoms in total. The molecule has 15 heteroatoms. The first-order chi connectivity index (χ1) is 28.1. The van der Waals surface area contributed by atoms with Crippen molar-refractivity contribution in [1.29, 1.82) is 0 Å². The Hall–Kier alpha value is -3.14. The van der Waals surface area contributed by atoms with Gasteiger partial charge in [-0.2, -0.15) is 0 Å². The van der Waals surface area contributed by atoms with E-state index in [1.165, 1.54) is 9.80 Å². The van der Waals surface area contributed by atoms with Crippen LogP contribution >= 0.6 is 0 Å². The first kappa shape index (κ1) is 58.9. The molecule has 0 heterocycles. The molecule has 0 aliphatic rings. The SMILES string of the molecule is CC(C)C(C(=O)N(C)CC(C(=O)C(C)C(CN(C)C(=O)C(CN(C)C(=O)C(C(C)C)N(C)C)N(C)C(=O)C(C(C)C)N(C)C)C(C)(C)C)N(C)C(=O)C(C(C)C)N(C)C)N(C)C. The van der Waals surface area contributed by atoms with Crippen LogP contribution in [0.2, 0.25) is 0 Å². The van der Waals surface area contributed by atoms with E-state index in [0.29, 0.717) is 0 Å². The van der Waals surface area contributed by atoms with Crippen LogP contribution in [0, 0.1) is 40.9 Å². The van der Waals surface area contributed by atoms with Crippen molar-refractivity contribution in [2.75, 3.05) is 111 Å². The van der Waals surface area contributed by atoms with Gasteiger partial charge in [-0.15, -0.1) is 0 Å². The lowest BCUT2D eigenvalue weighted by molar-refractivity contribution is -0.151. The highest BCUT2D eigenvalue weighted by atomic mass is 16.2. The summed E-state index contributed by atoms with van der Waals surface area (Å²) in [7, 11) is 23.1. The third-order valence-electron chi connectivity index (χ3n) is 12.7. The van der Waals surface area contributed by atoms with Crippen molar-refractivity contribution in [2.24, 2.45) is 40.9 Å². The van der Waals surface area contributed by atoms with E-state index in [1.807, 2.05) is 159 Å². The van der Waals surface area contributed by atoms with Crippen LogP contribution in [0.15, 0.2) is 0 Å². The summed E-state index contributed by atoms with van der Waals surface area (Å²) in [5, 5.41) is 0. The summed E-state index contributed by atoms with van der Waals surface area (Å²) in [6.07, 6.45) is 0. The molecule has 0 fully saturated rings. The Morgan fingerprint density at radius 2 is 0.629 bits per heavy atom. The molecule has 0 radical (unpaired) electrons. The monoisotopic (exact) mass is 880 g/mol. The normalized spacial score (nSPS) is 16.4. The predicted molar refractivity (Wildman–Crippen MR) is 252 cm³/mol. The Morgan fingerprint density at radius 1 is 0.371 bits per heavy atom. The molecule has 0 saturated heterocycles. The number of hydrogen-bond acceptors (Lipinski definition) is 10. The maximum Gasteiger partial charge on any atom is 0.246 e. The zero-order valence-electron chi connectivity index (χ0n) is 44.0. The van der Waals surface area contributed by atoms with Gasteiger partial charge in [0.25, 0.3) is 0 Å². The van der Waals surface area contributed by atoms with Gasteiger partial charge in [-0.05, 0) is 91.4 Å². The maximum atomic E-state index is 15.1. The van der Waals surface area contributed by atoms with E-state index in [-0.39, 0.29) is 78.6 Å². The smallest absolute Gasteiger partial charge is 0.246 e. The average molecular weight is 880 g/mol. The molecule has 0 aromatic carbocycles. The molecule has 0 aliphatic carbocycles. The van der Waals surface area contributed by atoms with E-state index in [0.717, 1.165) is 0 Å². The number of ketones is 1. The third-order valence-corrected chi connectivity index (χ3v) is 12.7. The lowest BCUT2D eigenvalue weighted by atomic mass is 9.71. The van der Waals surface area contributed by atoms with Crippen LogP contribution in [0.1, 0.15) is 83.1 Å². The summed E-state index contributed by atoms with van der Waals surface area (Å²) >= 11 is 0. The maximum absolute atomic E-state index is 15.1. The molecule has 0 rings (SSSR count). The van der Waals surface area contributed by atoms with E-state index in [4.69, 9.17) is 0 Å². The van der Waals surface area contributed by atoms with Crippen LogP contribution in [-0.4, -0.2) is 227 Å². The van der Waals surface area contributed by atoms with Gasteiger partial charge in [0.05, 0.1) is 24.2 Å². The van der Waals surface area contributed by atoms with Gasteiger partial charge in [-0.3, -0.25) is 48.4 Å². The van der Waals surface area contributed by atoms with E-state index in [2.05, 4.69) is 0 Å². The van der Waals surface area contributed by atoms with E-state index < -0.39 is 53.5 Å². The Balaban J connectivity index is 7.39. The molecule has 0 spiro atoms. The highest BCUT2D eigenvalue weighted by Crippen LogP contribution is 2.35. The lowest BCUT2D eigenvalue weighted by Gasteiger charge is -2.43. The molecule has 8 atom stereocenters. The van der Waals surface area contributed by atoms with Crippen molar-refractivity contribution in [3.8, 4) is 0 Å². The van der Waals surface area contributed by atoms with Gasteiger partial charge in [0.1, 0.15) is 12.1 Å². The summed E-state index contributed by atoms with van der Waals surface area (Å²) < 4.78 is 0. The van der Waals surface area contributed by atoms with Crippen molar-refractivity contribution in [3.05, 3.63) is 0 Å². The van der Waals surface area contributed by atoms with E-state index in [1.54, 1.807) is 49.9 Å². The Labute approximate surface area is 378 Å². The fourth-order valence-electron chi connectivity index (χ4n) is 9.38. The fourth-order valence-corrected chi connectivity index (χ4v) is 9.38. The number of hydrogen-bond donors (Lipinski definition) is 0.